The maximum Gasteiger partial charge on any atom is 0.336 e. The minimum atomic E-state index is -1.00. The molecule has 1 aliphatic heterocycles. The van der Waals surface area contributed by atoms with Crippen LogP contribution in [0.25, 0.3) is 0 Å². The van der Waals surface area contributed by atoms with E-state index in [1.165, 1.54) is 19.4 Å². The van der Waals surface area contributed by atoms with Crippen molar-refractivity contribution in [2.45, 2.75) is 0 Å². The van der Waals surface area contributed by atoms with Gasteiger partial charge in [-0.3, -0.25) is 10.1 Å². The Balaban J connectivity index is 2.09. The second-order valence-electron chi connectivity index (χ2n) is 4.28. The van der Waals surface area contributed by atoms with Crippen molar-refractivity contribution in [3.8, 4) is 0 Å². The van der Waals surface area contributed by atoms with Crippen molar-refractivity contribution < 1.29 is 24.2 Å². The number of thioether (sulfide) groups is 1. The summed E-state index contributed by atoms with van der Waals surface area (Å²) in [4.78, 5) is 33.8. The molecule has 0 spiro atoms. The summed E-state index contributed by atoms with van der Waals surface area (Å²) in [5.41, 5.74) is 0.865. The molecule has 10 heteroatoms. The van der Waals surface area contributed by atoms with Crippen molar-refractivity contribution >= 4 is 63.6 Å². The summed E-state index contributed by atoms with van der Waals surface area (Å²) in [7, 11) is 1.22. The molecule has 1 aromatic rings. The highest BCUT2D eigenvalue weighted by Crippen LogP contribution is 2.23. The predicted molar refractivity (Wildman–Crippen MR) is 97.0 cm³/mol. The summed E-state index contributed by atoms with van der Waals surface area (Å²) in [6.07, 6.45) is 2.49. The number of carbonyl (C=O) groups is 3. The summed E-state index contributed by atoms with van der Waals surface area (Å²) in [6, 6.07) is 4.72. The molecule has 2 N–H and O–H groups in total. The molecule has 1 aliphatic rings. The summed E-state index contributed by atoms with van der Waals surface area (Å²) < 4.78 is 5.02. The Kier molecular flexibility index (Phi) is 6.09. The minimum Gasteiger partial charge on any atom is -0.478 e. The smallest absolute Gasteiger partial charge is 0.336 e. The van der Waals surface area contributed by atoms with Gasteiger partial charge in [-0.1, -0.05) is 6.07 Å². The lowest BCUT2D eigenvalue weighted by Crippen LogP contribution is -2.19. The molecule has 1 fully saturated rings. The van der Waals surface area contributed by atoms with E-state index in [-0.39, 0.29) is 15.6 Å². The van der Waals surface area contributed by atoms with Crippen LogP contribution in [0.3, 0.4) is 0 Å². The van der Waals surface area contributed by atoms with Crippen molar-refractivity contribution in [1.82, 2.24) is 5.32 Å². The van der Waals surface area contributed by atoms with Crippen molar-refractivity contribution in [1.29, 1.82) is 0 Å². The van der Waals surface area contributed by atoms with Gasteiger partial charge in [0, 0.05) is 9.65 Å². The molecule has 0 bridgehead atoms. The molecule has 1 saturated heterocycles. The molecular weight excluding hydrogens is 449 g/mol. The number of carboxylic acids is 1. The predicted octanol–water partition coefficient (Wildman–Crippen LogP) is 1.60. The number of ether oxygens (including phenoxy) is 1. The number of methoxy groups -OCH3 is 1. The summed E-state index contributed by atoms with van der Waals surface area (Å²) in [5.74, 6) is -2.09. The van der Waals surface area contributed by atoms with Crippen LogP contribution in [0.1, 0.15) is 15.9 Å². The van der Waals surface area contributed by atoms with Crippen LogP contribution >= 0.6 is 34.4 Å². The van der Waals surface area contributed by atoms with Crippen molar-refractivity contribution in [2.24, 2.45) is 10.2 Å². The van der Waals surface area contributed by atoms with Crippen LogP contribution in [-0.4, -0.2) is 41.4 Å². The number of carbonyl (C=O) groups excluding carboxylic acids is 2. The van der Waals surface area contributed by atoms with Crippen LogP contribution in [0.5, 0.6) is 0 Å². The Morgan fingerprint density at radius 1 is 1.42 bits per heavy atom. The topological polar surface area (TPSA) is 117 Å². The Bertz CT molecular complexity index is 804. The summed E-state index contributed by atoms with van der Waals surface area (Å²) >= 11 is 2.88. The first-order valence-corrected chi connectivity index (χ1v) is 8.23. The average molecular weight is 459 g/mol. The van der Waals surface area contributed by atoms with E-state index in [2.05, 4.69) is 20.3 Å². The molecule has 0 saturated carbocycles. The number of hydrogen-bond donors (Lipinski definition) is 2. The molecule has 1 heterocycles. The van der Waals surface area contributed by atoms with Gasteiger partial charge < -0.3 is 9.84 Å². The van der Waals surface area contributed by atoms with E-state index < -0.39 is 17.8 Å². The highest BCUT2D eigenvalue weighted by atomic mass is 127. The Hall–Kier alpha value is -2.21. The van der Waals surface area contributed by atoms with Crippen molar-refractivity contribution in [3.63, 3.8) is 0 Å². The summed E-state index contributed by atoms with van der Waals surface area (Å²) in [6.45, 7) is 0. The fraction of sp³-hybridized carbons (Fsp3) is 0.0714. The number of rotatable bonds is 4. The van der Waals surface area contributed by atoms with Gasteiger partial charge >= 0.3 is 11.9 Å². The van der Waals surface area contributed by atoms with Gasteiger partial charge in [0.05, 0.1) is 23.8 Å². The SMILES string of the molecule is COC(=O)/C=C1/S/C(=N\N=Cc2ccc(C(=O)O)c(I)c2)NC1=O. The number of amides is 1. The molecule has 1 amide bonds. The van der Waals surface area contributed by atoms with Crippen LogP contribution < -0.4 is 5.32 Å². The van der Waals surface area contributed by atoms with E-state index >= 15 is 0 Å². The van der Waals surface area contributed by atoms with Crippen LogP contribution in [0.15, 0.2) is 39.4 Å². The van der Waals surface area contributed by atoms with E-state index in [0.29, 0.717) is 9.13 Å². The quantitative estimate of drug-likeness (QED) is 0.232. The molecule has 2 rings (SSSR count). The van der Waals surface area contributed by atoms with Gasteiger partial charge in [0.1, 0.15) is 0 Å². The Labute approximate surface area is 154 Å². The zero-order chi connectivity index (χ0) is 17.7. The molecular formula is C14H10IN3O5S. The van der Waals surface area contributed by atoms with Gasteiger partial charge in [-0.2, -0.15) is 5.10 Å². The second kappa shape index (κ2) is 8.06. The lowest BCUT2D eigenvalue weighted by atomic mass is 10.1. The number of esters is 1. The van der Waals surface area contributed by atoms with Gasteiger partial charge in [0.2, 0.25) is 0 Å². The molecule has 8 nitrogen and oxygen atoms in total. The number of benzene rings is 1. The fourth-order valence-corrected chi connectivity index (χ4v) is 3.08. The number of hydrogen-bond acceptors (Lipinski definition) is 7. The lowest BCUT2D eigenvalue weighted by molar-refractivity contribution is -0.135. The molecule has 124 valence electrons. The molecule has 0 atom stereocenters. The van der Waals surface area contributed by atoms with E-state index in [0.717, 1.165) is 17.8 Å². The maximum absolute atomic E-state index is 11.6. The zero-order valence-corrected chi connectivity index (χ0v) is 15.1. The van der Waals surface area contributed by atoms with Gasteiger partial charge in [-0.15, -0.1) is 5.10 Å². The van der Waals surface area contributed by atoms with Crippen LogP contribution in [-0.2, 0) is 14.3 Å². The van der Waals surface area contributed by atoms with Crippen LogP contribution in [0, 0.1) is 3.57 Å². The number of aromatic carboxylic acids is 1. The lowest BCUT2D eigenvalue weighted by Gasteiger charge is -1.99. The monoisotopic (exact) mass is 459 g/mol. The van der Waals surface area contributed by atoms with Gasteiger partial charge in [0.25, 0.3) is 5.91 Å². The minimum absolute atomic E-state index is 0.163. The Morgan fingerprint density at radius 3 is 2.79 bits per heavy atom. The molecule has 1 aromatic carbocycles. The third-order valence-corrected chi connectivity index (χ3v) is 4.47. The number of halogens is 1. The van der Waals surface area contributed by atoms with Crippen molar-refractivity contribution in [2.75, 3.05) is 7.11 Å². The highest BCUT2D eigenvalue weighted by molar-refractivity contribution is 14.1. The van der Waals surface area contributed by atoms with Gasteiger partial charge in [-0.05, 0) is 52.0 Å². The first kappa shape index (κ1) is 18.1. The van der Waals surface area contributed by atoms with Gasteiger partial charge in [-0.25, -0.2) is 9.59 Å². The van der Waals surface area contributed by atoms with E-state index in [1.807, 2.05) is 22.6 Å². The fourth-order valence-electron chi connectivity index (χ4n) is 1.57. The van der Waals surface area contributed by atoms with E-state index in [9.17, 15) is 14.4 Å². The van der Waals surface area contributed by atoms with E-state index in [4.69, 9.17) is 5.11 Å². The summed E-state index contributed by atoms with van der Waals surface area (Å²) in [5, 5.41) is 19.3. The normalized spacial score (nSPS) is 17.5. The molecule has 0 aliphatic carbocycles. The second-order valence-corrected chi connectivity index (χ2v) is 6.47. The van der Waals surface area contributed by atoms with Crippen molar-refractivity contribution in [3.05, 3.63) is 43.9 Å². The third kappa shape index (κ3) is 4.64. The standard InChI is InChI=1S/C14H10IN3O5S/c1-23-11(19)5-10-12(20)17-14(24-10)18-16-6-7-2-3-8(13(21)22)9(15)4-7/h2-6H,1H3,(H,21,22)(H,17,18,20)/b10-5+,16-6?. The maximum atomic E-state index is 11.6. The molecule has 0 unspecified atom stereocenters. The van der Waals surface area contributed by atoms with Crippen LogP contribution in [0.4, 0.5) is 0 Å². The first-order chi connectivity index (χ1) is 11.4. The highest BCUT2D eigenvalue weighted by Gasteiger charge is 2.24. The largest absolute Gasteiger partial charge is 0.478 e. The zero-order valence-electron chi connectivity index (χ0n) is 12.1. The number of nitrogens with one attached hydrogen (secondary N) is 1. The molecule has 24 heavy (non-hydrogen) atoms. The number of amidine groups is 1. The Morgan fingerprint density at radius 2 is 2.17 bits per heavy atom. The van der Waals surface area contributed by atoms with Gasteiger partial charge in [0.15, 0.2) is 5.17 Å². The van der Waals surface area contributed by atoms with Crippen LogP contribution in [0.2, 0.25) is 0 Å². The molecule has 0 radical (unpaired) electrons. The first-order valence-electron chi connectivity index (χ1n) is 6.33. The van der Waals surface area contributed by atoms with E-state index in [1.54, 1.807) is 12.1 Å². The molecule has 0 aromatic heterocycles. The number of carboxylic acid groups (broad SMARTS) is 1. The number of nitrogens with zero attached hydrogens (tertiary/aromatic N) is 2. The average Bonchev–Trinajstić information content (AvgIpc) is 2.86. The third-order valence-electron chi connectivity index (χ3n) is 2.68.